The van der Waals surface area contributed by atoms with Crippen molar-refractivity contribution in [2.45, 2.75) is 13.5 Å². The first kappa shape index (κ1) is 18.9. The molecule has 9 heteroatoms. The highest BCUT2D eigenvalue weighted by Crippen LogP contribution is 2.32. The van der Waals surface area contributed by atoms with Crippen LogP contribution in [0.4, 0.5) is 5.82 Å². The number of rotatable bonds is 3. The standard InChI is InChI=1S/C22H19N5O4/c1-12-4-3-7-27-19(12)25-20-15(22(27)29)9-14(18(23)26(20)2)21(28)24-10-13-5-6-16-17(8-13)31-11-30-16/h3-9,23H,10-11H2,1-2H3,(H,24,28)/p+1. The molecule has 3 N–H and O–H groups in total. The van der Waals surface area contributed by atoms with Crippen LogP contribution in [-0.2, 0) is 13.6 Å². The summed E-state index contributed by atoms with van der Waals surface area (Å²) in [6.45, 7) is 2.34. The number of nitrogens with zero attached hydrogens (tertiary/aromatic N) is 3. The monoisotopic (exact) mass is 418 g/mol. The minimum absolute atomic E-state index is 0.188. The highest BCUT2D eigenvalue weighted by atomic mass is 16.7. The van der Waals surface area contributed by atoms with E-state index in [1.54, 1.807) is 29.9 Å². The van der Waals surface area contributed by atoms with E-state index >= 15 is 0 Å². The van der Waals surface area contributed by atoms with Crippen molar-refractivity contribution < 1.29 is 18.8 Å². The predicted molar refractivity (Wildman–Crippen MR) is 113 cm³/mol. The van der Waals surface area contributed by atoms with Gasteiger partial charge in [0.2, 0.25) is 18.3 Å². The van der Waals surface area contributed by atoms with Crippen molar-refractivity contribution in [2.75, 3.05) is 12.5 Å². The molecule has 0 aliphatic carbocycles. The van der Waals surface area contributed by atoms with Gasteiger partial charge >= 0.3 is 0 Å². The highest BCUT2D eigenvalue weighted by molar-refractivity contribution is 6.00. The molecule has 0 fully saturated rings. The lowest BCUT2D eigenvalue weighted by Gasteiger charge is -2.10. The zero-order chi connectivity index (χ0) is 21.7. The van der Waals surface area contributed by atoms with Gasteiger partial charge in [-0.25, -0.2) is 4.57 Å². The molecule has 4 heterocycles. The average molecular weight is 418 g/mol. The summed E-state index contributed by atoms with van der Waals surface area (Å²) >= 11 is 0. The number of hydrogen-bond acceptors (Lipinski definition) is 6. The zero-order valence-electron chi connectivity index (χ0n) is 17.0. The van der Waals surface area contributed by atoms with Crippen molar-refractivity contribution in [3.05, 3.63) is 69.6 Å². The van der Waals surface area contributed by atoms with Crippen LogP contribution in [0.2, 0.25) is 0 Å². The van der Waals surface area contributed by atoms with Crippen molar-refractivity contribution in [1.82, 2.24) is 14.7 Å². The Hall–Kier alpha value is -4.14. The van der Waals surface area contributed by atoms with Crippen molar-refractivity contribution in [1.29, 1.82) is 0 Å². The van der Waals surface area contributed by atoms with Gasteiger partial charge in [0.15, 0.2) is 11.5 Å². The van der Waals surface area contributed by atoms with Crippen LogP contribution in [0.25, 0.3) is 16.7 Å². The van der Waals surface area contributed by atoms with E-state index < -0.39 is 0 Å². The van der Waals surface area contributed by atoms with E-state index in [1.807, 2.05) is 25.1 Å². The Balaban J connectivity index is 1.52. The second kappa shape index (κ2) is 6.98. The van der Waals surface area contributed by atoms with Crippen LogP contribution in [0.1, 0.15) is 21.5 Å². The number of hydrogen-bond donors (Lipinski definition) is 2. The van der Waals surface area contributed by atoms with E-state index in [-0.39, 0.29) is 36.2 Å². The Morgan fingerprint density at radius 3 is 2.90 bits per heavy atom. The van der Waals surface area contributed by atoms with Crippen LogP contribution in [0.15, 0.2) is 47.4 Å². The zero-order valence-corrected chi connectivity index (χ0v) is 17.0. The lowest BCUT2D eigenvalue weighted by atomic mass is 10.1. The van der Waals surface area contributed by atoms with Crippen LogP contribution >= 0.6 is 0 Å². The Kier molecular flexibility index (Phi) is 4.25. The van der Waals surface area contributed by atoms with Crippen LogP contribution in [0, 0.1) is 6.92 Å². The Morgan fingerprint density at radius 1 is 1.26 bits per heavy atom. The molecule has 31 heavy (non-hydrogen) atoms. The second-order valence-corrected chi connectivity index (χ2v) is 7.41. The number of ether oxygens (including phenoxy) is 2. The fraction of sp³-hybridized carbons (Fsp3) is 0.182. The minimum Gasteiger partial charge on any atom is -0.454 e. The predicted octanol–water partition coefficient (Wildman–Crippen LogP) is 1.22. The summed E-state index contributed by atoms with van der Waals surface area (Å²) in [4.78, 5) is 30.6. The fourth-order valence-electron chi connectivity index (χ4n) is 3.71. The lowest BCUT2D eigenvalue weighted by Crippen LogP contribution is -2.39. The van der Waals surface area contributed by atoms with Crippen molar-refractivity contribution >= 4 is 28.4 Å². The summed E-state index contributed by atoms with van der Waals surface area (Å²) in [5, 5.41) is 3.16. The molecule has 0 spiro atoms. The first-order valence-electron chi connectivity index (χ1n) is 9.71. The third kappa shape index (κ3) is 3.02. The number of aryl methyl sites for hydroxylation is 2. The molecule has 156 valence electrons. The number of nitrogens with one attached hydrogen (secondary N) is 1. The third-order valence-corrected chi connectivity index (χ3v) is 5.44. The molecule has 9 nitrogen and oxygen atoms in total. The third-order valence-electron chi connectivity index (χ3n) is 5.44. The summed E-state index contributed by atoms with van der Waals surface area (Å²) in [7, 11) is 1.69. The minimum atomic E-state index is -0.388. The molecule has 5 rings (SSSR count). The molecular formula is C22H20N5O4+. The summed E-state index contributed by atoms with van der Waals surface area (Å²) < 4.78 is 13.7. The number of nitrogens with two attached hydrogens (primary N) is 1. The molecule has 1 amide bonds. The SMILES string of the molecule is Cc1cccn2c(=O)c3cc(C(=O)NCc4ccc5c(c4)OCO5)c(N)[n+](C)c3nc12. The van der Waals surface area contributed by atoms with Gasteiger partial charge in [0.05, 0.1) is 7.05 Å². The number of carbonyl (C=O) groups excluding carboxylic acids is 1. The highest BCUT2D eigenvalue weighted by Gasteiger charge is 2.23. The fourth-order valence-corrected chi connectivity index (χ4v) is 3.71. The summed E-state index contributed by atoms with van der Waals surface area (Å²) in [6.07, 6.45) is 1.66. The number of fused-ring (bicyclic) bond motifs is 3. The van der Waals surface area contributed by atoms with Gasteiger partial charge in [-0.05, 0) is 36.8 Å². The summed E-state index contributed by atoms with van der Waals surface area (Å²) in [5.41, 5.74) is 8.88. The van der Waals surface area contributed by atoms with Crippen molar-refractivity contribution in [2.24, 2.45) is 7.05 Å². The average Bonchev–Trinajstić information content (AvgIpc) is 3.23. The quantitative estimate of drug-likeness (QED) is 0.382. The first-order valence-corrected chi connectivity index (χ1v) is 9.71. The topological polar surface area (TPSA) is 112 Å². The van der Waals surface area contributed by atoms with Crippen molar-refractivity contribution in [3.8, 4) is 11.5 Å². The second-order valence-electron chi connectivity index (χ2n) is 7.41. The van der Waals surface area contributed by atoms with Crippen LogP contribution in [0.3, 0.4) is 0 Å². The van der Waals surface area contributed by atoms with Crippen LogP contribution in [-0.4, -0.2) is 22.1 Å². The molecule has 0 bridgehead atoms. The summed E-state index contributed by atoms with van der Waals surface area (Å²) in [6, 6.07) is 10.6. The molecular weight excluding hydrogens is 398 g/mol. The molecule has 0 radical (unpaired) electrons. The number of aromatic nitrogens is 3. The number of carbonyl (C=O) groups is 1. The van der Waals surface area contributed by atoms with Gasteiger partial charge in [-0.2, -0.15) is 0 Å². The van der Waals surface area contributed by atoms with E-state index in [0.717, 1.165) is 11.1 Å². The van der Waals surface area contributed by atoms with Crippen molar-refractivity contribution in [3.63, 3.8) is 0 Å². The Bertz CT molecular complexity index is 1440. The van der Waals surface area contributed by atoms with Gasteiger partial charge in [-0.1, -0.05) is 17.1 Å². The smallest absolute Gasteiger partial charge is 0.278 e. The molecule has 1 aromatic carbocycles. The number of anilines is 1. The Labute approximate surface area is 176 Å². The first-order chi connectivity index (χ1) is 14.9. The molecule has 4 aromatic rings. The molecule has 0 saturated carbocycles. The molecule has 1 aliphatic heterocycles. The van der Waals surface area contributed by atoms with Gasteiger partial charge in [0.1, 0.15) is 10.9 Å². The van der Waals surface area contributed by atoms with E-state index in [1.165, 1.54) is 10.5 Å². The van der Waals surface area contributed by atoms with Gasteiger partial charge in [0, 0.05) is 18.3 Å². The van der Waals surface area contributed by atoms with Gasteiger partial charge in [-0.3, -0.25) is 14.0 Å². The van der Waals surface area contributed by atoms with Gasteiger partial charge < -0.3 is 20.5 Å². The van der Waals surface area contributed by atoms with Gasteiger partial charge in [-0.15, -0.1) is 0 Å². The van der Waals surface area contributed by atoms with E-state index in [2.05, 4.69) is 10.3 Å². The molecule has 0 atom stereocenters. The molecule has 1 aliphatic rings. The van der Waals surface area contributed by atoms with Crippen LogP contribution in [0.5, 0.6) is 11.5 Å². The number of amides is 1. The van der Waals surface area contributed by atoms with E-state index in [4.69, 9.17) is 15.2 Å². The maximum absolute atomic E-state index is 13.1. The van der Waals surface area contributed by atoms with Gasteiger partial charge in [0.25, 0.3) is 17.1 Å². The maximum Gasteiger partial charge on any atom is 0.278 e. The maximum atomic E-state index is 13.1. The van der Waals surface area contributed by atoms with E-state index in [0.29, 0.717) is 28.2 Å². The molecule has 3 aromatic heterocycles. The molecule has 0 saturated heterocycles. The number of benzene rings is 1. The Morgan fingerprint density at radius 2 is 2.06 bits per heavy atom. The van der Waals surface area contributed by atoms with Crippen LogP contribution < -0.4 is 30.7 Å². The van der Waals surface area contributed by atoms with E-state index in [9.17, 15) is 9.59 Å². The number of nitrogen functional groups attached to an aromatic ring is 1. The lowest BCUT2D eigenvalue weighted by molar-refractivity contribution is -0.632. The molecule has 0 unspecified atom stereocenters. The number of pyridine rings is 2. The summed E-state index contributed by atoms with van der Waals surface area (Å²) in [5.74, 6) is 1.16. The normalized spacial score (nSPS) is 12.5. The largest absolute Gasteiger partial charge is 0.454 e.